The Morgan fingerprint density at radius 1 is 1.04 bits per heavy atom. The van der Waals surface area contributed by atoms with Crippen LogP contribution in [0.1, 0.15) is 33.3 Å². The summed E-state index contributed by atoms with van der Waals surface area (Å²) in [5.74, 6) is 1.65. The van der Waals surface area contributed by atoms with Crippen LogP contribution in [0.3, 0.4) is 0 Å². The first-order valence-corrected chi connectivity index (χ1v) is 8.82. The summed E-state index contributed by atoms with van der Waals surface area (Å²) in [4.78, 5) is 0. The van der Waals surface area contributed by atoms with Gasteiger partial charge in [0.1, 0.15) is 5.75 Å². The monoisotopic (exact) mass is 353 g/mol. The van der Waals surface area contributed by atoms with Crippen LogP contribution < -0.4 is 4.74 Å². The largest absolute Gasteiger partial charge is 0.494 e. The molecule has 1 aromatic heterocycles. The second-order valence-electron chi connectivity index (χ2n) is 6.94. The average molecular weight is 353 g/mol. The highest BCUT2D eigenvalue weighted by atomic mass is 32.1. The summed E-state index contributed by atoms with van der Waals surface area (Å²) in [6.07, 6.45) is 0. The van der Waals surface area contributed by atoms with Gasteiger partial charge in [-0.3, -0.25) is 9.67 Å². The number of nitrogens with one attached hydrogen (secondary N) is 1. The molecule has 0 unspecified atom stereocenters. The lowest BCUT2D eigenvalue weighted by atomic mass is 9.87. The molecule has 1 heterocycles. The summed E-state index contributed by atoms with van der Waals surface area (Å²) >= 11 is 5.44. The molecule has 0 amide bonds. The molecule has 0 bridgehead atoms. The van der Waals surface area contributed by atoms with Crippen LogP contribution in [0.2, 0.25) is 0 Å². The molecular formula is C20H23N3OS. The molecule has 25 heavy (non-hydrogen) atoms. The van der Waals surface area contributed by atoms with E-state index in [0.717, 1.165) is 22.8 Å². The Hall–Kier alpha value is -2.40. The van der Waals surface area contributed by atoms with Crippen LogP contribution in [0.5, 0.6) is 5.75 Å². The number of ether oxygens (including phenoxy) is 1. The van der Waals surface area contributed by atoms with Crippen molar-refractivity contribution in [1.29, 1.82) is 0 Å². The summed E-state index contributed by atoms with van der Waals surface area (Å²) in [6.45, 7) is 9.24. The van der Waals surface area contributed by atoms with Gasteiger partial charge >= 0.3 is 0 Å². The third-order valence-corrected chi connectivity index (χ3v) is 4.36. The van der Waals surface area contributed by atoms with E-state index in [0.29, 0.717) is 11.4 Å². The lowest BCUT2D eigenvalue weighted by molar-refractivity contribution is 0.340. The van der Waals surface area contributed by atoms with Gasteiger partial charge in [-0.25, -0.2) is 0 Å². The molecule has 0 radical (unpaired) electrons. The van der Waals surface area contributed by atoms with E-state index in [9.17, 15) is 0 Å². The Balaban J connectivity index is 2.01. The van der Waals surface area contributed by atoms with E-state index in [-0.39, 0.29) is 5.41 Å². The SMILES string of the molecule is CCOc1ccc(-n2c(-c3ccc(C(C)(C)C)cc3)n[nH]c2=S)cc1. The molecule has 130 valence electrons. The summed E-state index contributed by atoms with van der Waals surface area (Å²) in [5.41, 5.74) is 3.39. The van der Waals surface area contributed by atoms with Gasteiger partial charge in [0.05, 0.1) is 12.3 Å². The number of nitrogens with zero attached hydrogens (tertiary/aromatic N) is 2. The highest BCUT2D eigenvalue weighted by Gasteiger charge is 2.15. The maximum Gasteiger partial charge on any atom is 0.200 e. The average Bonchev–Trinajstić information content (AvgIpc) is 2.97. The first-order valence-electron chi connectivity index (χ1n) is 8.41. The minimum Gasteiger partial charge on any atom is -0.494 e. The van der Waals surface area contributed by atoms with Gasteiger partial charge in [-0.15, -0.1) is 0 Å². The molecule has 4 nitrogen and oxygen atoms in total. The second kappa shape index (κ2) is 6.84. The van der Waals surface area contributed by atoms with Gasteiger partial charge in [0.25, 0.3) is 0 Å². The molecule has 0 aliphatic heterocycles. The summed E-state index contributed by atoms with van der Waals surface area (Å²) in [6, 6.07) is 16.4. The maximum atomic E-state index is 5.51. The number of aromatic nitrogens is 3. The van der Waals surface area contributed by atoms with E-state index in [2.05, 4.69) is 55.2 Å². The lowest BCUT2D eigenvalue weighted by Gasteiger charge is -2.19. The molecule has 3 rings (SSSR count). The molecule has 0 atom stereocenters. The third-order valence-electron chi connectivity index (χ3n) is 4.09. The Morgan fingerprint density at radius 3 is 2.24 bits per heavy atom. The van der Waals surface area contributed by atoms with E-state index in [1.807, 2.05) is 35.8 Å². The van der Waals surface area contributed by atoms with Crippen molar-refractivity contribution < 1.29 is 4.74 Å². The van der Waals surface area contributed by atoms with Crippen LogP contribution in [0.15, 0.2) is 48.5 Å². The molecule has 5 heteroatoms. The van der Waals surface area contributed by atoms with Gasteiger partial charge in [-0.2, -0.15) is 5.10 Å². The summed E-state index contributed by atoms with van der Waals surface area (Å²) in [7, 11) is 0. The summed E-state index contributed by atoms with van der Waals surface area (Å²) in [5, 5.41) is 7.33. The van der Waals surface area contributed by atoms with Gasteiger partial charge in [0.2, 0.25) is 0 Å². The van der Waals surface area contributed by atoms with Crippen molar-refractivity contribution in [2.75, 3.05) is 6.61 Å². The zero-order valence-corrected chi connectivity index (χ0v) is 15.9. The lowest BCUT2D eigenvalue weighted by Crippen LogP contribution is -2.10. The summed E-state index contributed by atoms with van der Waals surface area (Å²) < 4.78 is 8.02. The fourth-order valence-corrected chi connectivity index (χ4v) is 2.95. The van der Waals surface area contributed by atoms with Gasteiger partial charge in [-0.05, 0) is 54.4 Å². The van der Waals surface area contributed by atoms with E-state index in [1.165, 1.54) is 5.56 Å². The topological polar surface area (TPSA) is 42.8 Å². The molecule has 0 spiro atoms. The van der Waals surface area contributed by atoms with Crippen molar-refractivity contribution in [3.63, 3.8) is 0 Å². The Kier molecular flexibility index (Phi) is 4.77. The highest BCUT2D eigenvalue weighted by molar-refractivity contribution is 7.71. The normalized spacial score (nSPS) is 11.5. The van der Waals surface area contributed by atoms with Crippen LogP contribution in [0, 0.1) is 4.77 Å². The third kappa shape index (κ3) is 3.66. The fraction of sp³-hybridized carbons (Fsp3) is 0.300. The molecule has 2 aromatic carbocycles. The smallest absolute Gasteiger partial charge is 0.200 e. The van der Waals surface area contributed by atoms with Crippen LogP contribution in [-0.2, 0) is 5.41 Å². The molecule has 1 N–H and O–H groups in total. The van der Waals surface area contributed by atoms with Gasteiger partial charge in [-0.1, -0.05) is 45.0 Å². The zero-order valence-electron chi connectivity index (χ0n) is 15.0. The molecule has 0 aliphatic carbocycles. The first kappa shape index (κ1) is 17.4. The quantitative estimate of drug-likeness (QED) is 0.648. The number of benzene rings is 2. The van der Waals surface area contributed by atoms with E-state index < -0.39 is 0 Å². The first-order chi connectivity index (χ1) is 11.9. The zero-order chi connectivity index (χ0) is 18.0. The number of hydrogen-bond acceptors (Lipinski definition) is 3. The minimum absolute atomic E-state index is 0.123. The number of aromatic amines is 1. The number of H-pyrrole nitrogens is 1. The standard InChI is InChI=1S/C20H23N3OS/c1-5-24-17-12-10-16(11-13-17)23-18(21-22-19(23)25)14-6-8-15(9-7-14)20(2,3)4/h6-13H,5H2,1-4H3,(H,22,25). The Bertz CT molecular complexity index is 900. The van der Waals surface area contributed by atoms with Crippen molar-refractivity contribution in [2.24, 2.45) is 0 Å². The maximum absolute atomic E-state index is 5.51. The molecule has 0 fully saturated rings. The van der Waals surface area contributed by atoms with E-state index in [4.69, 9.17) is 17.0 Å². The molecular weight excluding hydrogens is 330 g/mol. The molecule has 0 saturated carbocycles. The number of rotatable bonds is 4. The van der Waals surface area contributed by atoms with Gasteiger partial charge in [0.15, 0.2) is 10.6 Å². The Labute approximate surface area is 153 Å². The molecule has 3 aromatic rings. The second-order valence-corrected chi connectivity index (χ2v) is 7.33. The van der Waals surface area contributed by atoms with Crippen LogP contribution in [-0.4, -0.2) is 21.4 Å². The van der Waals surface area contributed by atoms with Crippen molar-refractivity contribution in [3.8, 4) is 22.8 Å². The van der Waals surface area contributed by atoms with Crippen molar-refractivity contribution in [2.45, 2.75) is 33.1 Å². The molecule has 0 aliphatic rings. The fourth-order valence-electron chi connectivity index (χ4n) is 2.71. The molecule has 0 saturated heterocycles. The predicted octanol–water partition coefficient (Wildman–Crippen LogP) is 5.29. The van der Waals surface area contributed by atoms with E-state index in [1.54, 1.807) is 0 Å². The van der Waals surface area contributed by atoms with Crippen molar-refractivity contribution >= 4 is 12.2 Å². The van der Waals surface area contributed by atoms with Gasteiger partial charge in [0, 0.05) is 5.56 Å². The predicted molar refractivity (Wildman–Crippen MR) is 104 cm³/mol. The van der Waals surface area contributed by atoms with Crippen molar-refractivity contribution in [3.05, 3.63) is 58.9 Å². The van der Waals surface area contributed by atoms with E-state index >= 15 is 0 Å². The van der Waals surface area contributed by atoms with Gasteiger partial charge < -0.3 is 4.74 Å². The minimum atomic E-state index is 0.123. The van der Waals surface area contributed by atoms with Crippen LogP contribution in [0.4, 0.5) is 0 Å². The van der Waals surface area contributed by atoms with Crippen LogP contribution >= 0.6 is 12.2 Å². The highest BCUT2D eigenvalue weighted by Crippen LogP contribution is 2.27. The number of hydrogen-bond donors (Lipinski definition) is 1. The Morgan fingerprint density at radius 2 is 1.68 bits per heavy atom. The van der Waals surface area contributed by atoms with Crippen molar-refractivity contribution in [1.82, 2.24) is 14.8 Å². The van der Waals surface area contributed by atoms with Crippen LogP contribution in [0.25, 0.3) is 17.1 Å².